The predicted octanol–water partition coefficient (Wildman–Crippen LogP) is 1.45. The number of carbonyl (C=O) groups excluding carboxylic acids is 2. The van der Waals surface area contributed by atoms with Crippen LogP contribution in [0.4, 0.5) is 0 Å². The van der Waals surface area contributed by atoms with Crippen molar-refractivity contribution < 1.29 is 19.1 Å². The molecule has 0 fully saturated rings. The van der Waals surface area contributed by atoms with Gasteiger partial charge in [-0.1, -0.05) is 0 Å². The molecular weight excluding hydrogens is 184 g/mol. The van der Waals surface area contributed by atoms with E-state index < -0.39 is 11.6 Å². The van der Waals surface area contributed by atoms with Crippen molar-refractivity contribution in [2.45, 2.75) is 33.3 Å². The minimum Gasteiger partial charge on any atom is -0.462 e. The highest BCUT2D eigenvalue weighted by atomic mass is 16.6. The maximum absolute atomic E-state index is 11.1. The molecule has 0 bridgehead atoms. The molecule has 0 saturated heterocycles. The van der Waals surface area contributed by atoms with Gasteiger partial charge in [0.25, 0.3) is 0 Å². The highest BCUT2D eigenvalue weighted by molar-refractivity contribution is 5.82. The average Bonchev–Trinajstić information content (AvgIpc) is 1.94. The van der Waals surface area contributed by atoms with Crippen LogP contribution in [0.25, 0.3) is 0 Å². The lowest BCUT2D eigenvalue weighted by Gasteiger charge is -2.17. The zero-order chi connectivity index (χ0) is 11.2. The van der Waals surface area contributed by atoms with Crippen molar-refractivity contribution in [3.05, 3.63) is 12.2 Å². The summed E-state index contributed by atoms with van der Waals surface area (Å²) in [5.41, 5.74) is -0.497. The molecule has 0 saturated carbocycles. The lowest BCUT2D eigenvalue weighted by Crippen LogP contribution is -2.22. The third-order valence-corrected chi connectivity index (χ3v) is 1.04. The molecule has 14 heavy (non-hydrogen) atoms. The molecule has 0 aliphatic rings. The summed E-state index contributed by atoms with van der Waals surface area (Å²) in [4.78, 5) is 21.4. The van der Waals surface area contributed by atoms with Gasteiger partial charge in [0.2, 0.25) is 0 Å². The van der Waals surface area contributed by atoms with Crippen molar-refractivity contribution in [3.8, 4) is 0 Å². The fraction of sp³-hybridized carbons (Fsp3) is 0.600. The van der Waals surface area contributed by atoms with E-state index in [2.05, 4.69) is 4.74 Å². The van der Waals surface area contributed by atoms with Crippen LogP contribution in [-0.2, 0) is 19.1 Å². The molecule has 0 radical (unpaired) electrons. The van der Waals surface area contributed by atoms with E-state index >= 15 is 0 Å². The molecule has 0 aliphatic carbocycles. The first-order chi connectivity index (χ1) is 6.31. The van der Waals surface area contributed by atoms with Crippen LogP contribution in [-0.4, -0.2) is 24.1 Å². The van der Waals surface area contributed by atoms with Crippen molar-refractivity contribution in [1.29, 1.82) is 0 Å². The molecule has 0 N–H and O–H groups in total. The lowest BCUT2D eigenvalue weighted by atomic mass is 10.2. The van der Waals surface area contributed by atoms with E-state index in [9.17, 15) is 9.59 Å². The Bertz CT molecular complexity index is 235. The summed E-state index contributed by atoms with van der Waals surface area (Å²) in [6, 6.07) is 0. The highest BCUT2D eigenvalue weighted by Gasteiger charge is 2.13. The van der Waals surface area contributed by atoms with Gasteiger partial charge < -0.3 is 9.47 Å². The molecule has 0 heterocycles. The normalized spacial score (nSPS) is 11.4. The summed E-state index contributed by atoms with van der Waals surface area (Å²) in [7, 11) is 0. The third-order valence-electron chi connectivity index (χ3n) is 1.04. The van der Waals surface area contributed by atoms with Crippen LogP contribution in [0, 0.1) is 0 Å². The van der Waals surface area contributed by atoms with Gasteiger partial charge in [-0.2, -0.15) is 0 Å². The standard InChI is InChI=1S/C10H16O4/c1-8(11)13-7-5-6-9(12)14-10(2,3)4/h5-6H,7H2,1-4H3. The smallest absolute Gasteiger partial charge is 0.331 e. The second kappa shape index (κ2) is 5.42. The molecule has 0 unspecified atom stereocenters. The van der Waals surface area contributed by atoms with Gasteiger partial charge in [0, 0.05) is 13.0 Å². The maximum atomic E-state index is 11.1. The number of rotatable bonds is 3. The van der Waals surface area contributed by atoms with Gasteiger partial charge in [0.1, 0.15) is 12.2 Å². The fourth-order valence-corrected chi connectivity index (χ4v) is 0.646. The van der Waals surface area contributed by atoms with E-state index in [1.807, 2.05) is 0 Å². The number of hydrogen-bond donors (Lipinski definition) is 0. The molecular formula is C10H16O4. The largest absolute Gasteiger partial charge is 0.462 e. The van der Waals surface area contributed by atoms with Crippen LogP contribution < -0.4 is 0 Å². The molecule has 0 aromatic carbocycles. The van der Waals surface area contributed by atoms with E-state index in [0.717, 1.165) is 0 Å². The van der Waals surface area contributed by atoms with Crippen molar-refractivity contribution in [1.82, 2.24) is 0 Å². The zero-order valence-corrected chi connectivity index (χ0v) is 8.99. The predicted molar refractivity (Wildman–Crippen MR) is 51.6 cm³/mol. The minimum absolute atomic E-state index is 0.0918. The van der Waals surface area contributed by atoms with Gasteiger partial charge in [-0.15, -0.1) is 0 Å². The van der Waals surface area contributed by atoms with Gasteiger partial charge in [0.05, 0.1) is 0 Å². The van der Waals surface area contributed by atoms with Crippen LogP contribution >= 0.6 is 0 Å². The Kier molecular flexibility index (Phi) is 4.91. The van der Waals surface area contributed by atoms with Gasteiger partial charge >= 0.3 is 11.9 Å². The summed E-state index contributed by atoms with van der Waals surface area (Å²) in [6.07, 6.45) is 2.68. The fourth-order valence-electron chi connectivity index (χ4n) is 0.646. The number of carbonyl (C=O) groups is 2. The van der Waals surface area contributed by atoms with E-state index in [0.29, 0.717) is 0 Å². The Balaban J connectivity index is 3.78. The highest BCUT2D eigenvalue weighted by Crippen LogP contribution is 2.06. The minimum atomic E-state index is -0.497. The van der Waals surface area contributed by atoms with Crippen molar-refractivity contribution in [2.75, 3.05) is 6.61 Å². The van der Waals surface area contributed by atoms with E-state index in [4.69, 9.17) is 4.74 Å². The second-order valence-electron chi connectivity index (χ2n) is 3.74. The van der Waals surface area contributed by atoms with Gasteiger partial charge in [-0.25, -0.2) is 4.79 Å². The molecule has 0 spiro atoms. The summed E-state index contributed by atoms with van der Waals surface area (Å²) in [6.45, 7) is 6.75. The monoisotopic (exact) mass is 200 g/mol. The summed E-state index contributed by atoms with van der Waals surface area (Å²) >= 11 is 0. The number of hydrogen-bond acceptors (Lipinski definition) is 4. The van der Waals surface area contributed by atoms with Crippen molar-refractivity contribution in [2.24, 2.45) is 0 Å². The maximum Gasteiger partial charge on any atom is 0.331 e. The van der Waals surface area contributed by atoms with Gasteiger partial charge in [-0.3, -0.25) is 4.79 Å². The topological polar surface area (TPSA) is 52.6 Å². The lowest BCUT2D eigenvalue weighted by molar-refractivity contribution is -0.148. The van der Waals surface area contributed by atoms with Gasteiger partial charge in [0.15, 0.2) is 0 Å². The number of esters is 2. The van der Waals surface area contributed by atoms with Crippen LogP contribution in [0.1, 0.15) is 27.7 Å². The zero-order valence-electron chi connectivity index (χ0n) is 8.99. The molecule has 0 atom stereocenters. The van der Waals surface area contributed by atoms with Crippen LogP contribution in [0.3, 0.4) is 0 Å². The Morgan fingerprint density at radius 3 is 2.29 bits per heavy atom. The van der Waals surface area contributed by atoms with E-state index in [-0.39, 0.29) is 12.6 Å². The summed E-state index contributed by atoms with van der Waals surface area (Å²) < 4.78 is 9.57. The first-order valence-electron chi connectivity index (χ1n) is 4.34. The average molecular weight is 200 g/mol. The Hall–Kier alpha value is -1.32. The molecule has 0 aliphatic heterocycles. The molecule has 4 heteroatoms. The van der Waals surface area contributed by atoms with Crippen LogP contribution in [0.15, 0.2) is 12.2 Å². The Morgan fingerprint density at radius 1 is 1.29 bits per heavy atom. The molecule has 0 amide bonds. The van der Waals surface area contributed by atoms with Crippen LogP contribution in [0.2, 0.25) is 0 Å². The SMILES string of the molecule is CC(=O)OCC=CC(=O)OC(C)(C)C. The second-order valence-corrected chi connectivity index (χ2v) is 3.74. The van der Waals surface area contributed by atoms with Crippen molar-refractivity contribution >= 4 is 11.9 Å². The molecule has 4 nitrogen and oxygen atoms in total. The summed E-state index contributed by atoms with van der Waals surface area (Å²) in [5.74, 6) is -0.816. The van der Waals surface area contributed by atoms with Crippen molar-refractivity contribution in [3.63, 3.8) is 0 Å². The molecule has 0 aromatic heterocycles. The molecule has 80 valence electrons. The Labute approximate surface area is 83.9 Å². The number of ether oxygens (including phenoxy) is 2. The molecule has 0 rings (SSSR count). The van der Waals surface area contributed by atoms with Crippen LogP contribution in [0.5, 0.6) is 0 Å². The first-order valence-corrected chi connectivity index (χ1v) is 4.34. The third kappa shape index (κ3) is 8.77. The van der Waals surface area contributed by atoms with E-state index in [1.54, 1.807) is 20.8 Å². The van der Waals surface area contributed by atoms with Gasteiger partial charge in [-0.05, 0) is 26.8 Å². The summed E-state index contributed by atoms with van der Waals surface area (Å²) in [5, 5.41) is 0. The van der Waals surface area contributed by atoms with E-state index in [1.165, 1.54) is 19.1 Å². The Morgan fingerprint density at radius 2 is 1.86 bits per heavy atom. The quantitative estimate of drug-likeness (QED) is 0.511. The first kappa shape index (κ1) is 12.7. The molecule has 0 aromatic rings.